The van der Waals surface area contributed by atoms with Crippen LogP contribution < -0.4 is 0 Å². The van der Waals surface area contributed by atoms with Crippen LogP contribution in [0.4, 0.5) is 0 Å². The molecule has 0 saturated heterocycles. The molecule has 2 aromatic rings. The normalized spacial score (nSPS) is 13.6. The van der Waals surface area contributed by atoms with Crippen LogP contribution in [0.1, 0.15) is 18.1 Å². The van der Waals surface area contributed by atoms with Crippen LogP contribution in [0.3, 0.4) is 0 Å². The molecule has 1 heterocycles. The summed E-state index contributed by atoms with van der Waals surface area (Å²) in [6.07, 6.45) is 4.80. The summed E-state index contributed by atoms with van der Waals surface area (Å²) in [5, 5.41) is 4.29. The van der Waals surface area contributed by atoms with E-state index in [2.05, 4.69) is 24.2 Å². The Morgan fingerprint density at radius 2 is 2.25 bits per heavy atom. The molecule has 0 fully saturated rings. The van der Waals surface area contributed by atoms with E-state index in [-0.39, 0.29) is 20.1 Å². The molecule has 0 amide bonds. The second-order valence-corrected chi connectivity index (χ2v) is 3.83. The fraction of sp³-hybridized carbons (Fsp3) is 0.154. The van der Waals surface area contributed by atoms with Crippen LogP contribution in [0.15, 0.2) is 42.2 Å². The summed E-state index contributed by atoms with van der Waals surface area (Å²) in [5.41, 5.74) is 5.09. The summed E-state index contributed by atoms with van der Waals surface area (Å²) in [7, 11) is 0. The number of nitrogens with zero attached hydrogens (tertiary/aromatic N) is 2. The molecule has 0 bridgehead atoms. The molecule has 0 N–H and O–H groups in total. The summed E-state index contributed by atoms with van der Waals surface area (Å²) in [4.78, 5) is 0. The molecular weight excluding hydrogens is 376 g/mol. The third-order valence-corrected chi connectivity index (χ3v) is 2.77. The van der Waals surface area contributed by atoms with Gasteiger partial charge in [0.25, 0.3) is 0 Å². The number of fused-ring (bicyclic) bond motifs is 1. The molecule has 16 heavy (non-hydrogen) atoms. The Hall–Kier alpha value is -1.18. The van der Waals surface area contributed by atoms with Crippen LogP contribution in [0.5, 0.6) is 0 Å². The van der Waals surface area contributed by atoms with Crippen LogP contribution in [0.25, 0.3) is 5.70 Å². The van der Waals surface area contributed by atoms with E-state index in [1.165, 1.54) is 22.4 Å². The molecule has 3 heteroatoms. The molecule has 0 aliphatic heterocycles. The van der Waals surface area contributed by atoms with Crippen LogP contribution in [0, 0.1) is 6.07 Å². The fourth-order valence-corrected chi connectivity index (χ4v) is 2.13. The van der Waals surface area contributed by atoms with Gasteiger partial charge in [-0.25, -0.2) is 0 Å². The average molecular weight is 387 g/mol. The van der Waals surface area contributed by atoms with Gasteiger partial charge >= 0.3 is 0 Å². The zero-order valence-electron chi connectivity index (χ0n) is 8.90. The second-order valence-electron chi connectivity index (χ2n) is 3.83. The molecule has 1 aliphatic carbocycles. The first-order chi connectivity index (χ1) is 7.36. The summed E-state index contributed by atoms with van der Waals surface area (Å²) in [6, 6.07) is 11.4. The Morgan fingerprint density at radius 3 is 3.00 bits per heavy atom. The minimum absolute atomic E-state index is 0. The Labute approximate surface area is 108 Å². The number of aromatic nitrogens is 2. The standard InChI is InChI=1S/C13H11N2.Ir/c1-10-9-11-5-2-3-6-12(11)13(10)15-8-4-7-14-15;/h2-5,7-8H,9H2,1H3;/q-1;. The molecule has 1 aromatic heterocycles. The molecule has 83 valence electrons. The molecule has 0 atom stereocenters. The van der Waals surface area contributed by atoms with Crippen molar-refractivity contribution in [2.24, 2.45) is 0 Å². The quantitative estimate of drug-likeness (QED) is 0.688. The summed E-state index contributed by atoms with van der Waals surface area (Å²) in [6.45, 7) is 2.16. The maximum Gasteiger partial charge on any atom is 0.0484 e. The zero-order chi connectivity index (χ0) is 10.3. The van der Waals surface area contributed by atoms with Gasteiger partial charge in [0.15, 0.2) is 0 Å². The minimum Gasteiger partial charge on any atom is -0.281 e. The Balaban J connectivity index is 0.000000963. The van der Waals surface area contributed by atoms with Gasteiger partial charge in [-0.05, 0) is 18.2 Å². The second kappa shape index (κ2) is 4.36. The van der Waals surface area contributed by atoms with Crippen molar-refractivity contribution in [2.45, 2.75) is 13.3 Å². The average Bonchev–Trinajstić information content (AvgIpc) is 2.82. The Kier molecular flexibility index (Phi) is 3.08. The van der Waals surface area contributed by atoms with Crippen molar-refractivity contribution in [1.29, 1.82) is 0 Å². The molecule has 0 saturated carbocycles. The Bertz CT molecular complexity index is 527. The van der Waals surface area contributed by atoms with E-state index in [4.69, 9.17) is 0 Å². The Morgan fingerprint density at radius 1 is 1.38 bits per heavy atom. The van der Waals surface area contributed by atoms with E-state index in [9.17, 15) is 0 Å². The summed E-state index contributed by atoms with van der Waals surface area (Å²) in [5.74, 6) is 0. The topological polar surface area (TPSA) is 17.8 Å². The van der Waals surface area contributed by atoms with Crippen LogP contribution in [0.2, 0.25) is 0 Å². The summed E-state index contributed by atoms with van der Waals surface area (Å²) < 4.78 is 1.93. The predicted octanol–water partition coefficient (Wildman–Crippen LogP) is 2.52. The van der Waals surface area contributed by atoms with Crippen molar-refractivity contribution < 1.29 is 20.1 Å². The molecule has 0 unspecified atom stereocenters. The molecule has 1 radical (unpaired) electrons. The maximum absolute atomic E-state index is 4.29. The summed E-state index contributed by atoms with van der Waals surface area (Å²) >= 11 is 0. The third kappa shape index (κ3) is 1.66. The van der Waals surface area contributed by atoms with Gasteiger partial charge in [-0.3, -0.25) is 4.68 Å². The monoisotopic (exact) mass is 388 g/mol. The first-order valence-electron chi connectivity index (χ1n) is 5.06. The van der Waals surface area contributed by atoms with Gasteiger partial charge in [0.2, 0.25) is 0 Å². The van der Waals surface area contributed by atoms with Gasteiger partial charge in [-0.1, -0.05) is 12.5 Å². The minimum atomic E-state index is 0. The number of rotatable bonds is 1. The number of hydrogen-bond donors (Lipinski definition) is 0. The van der Waals surface area contributed by atoms with Gasteiger partial charge in [0, 0.05) is 32.5 Å². The van der Waals surface area contributed by atoms with Crippen molar-refractivity contribution >= 4 is 5.70 Å². The van der Waals surface area contributed by atoms with Crippen molar-refractivity contribution in [2.75, 3.05) is 0 Å². The van der Waals surface area contributed by atoms with E-state index in [1.54, 1.807) is 6.20 Å². The maximum atomic E-state index is 4.29. The smallest absolute Gasteiger partial charge is 0.0484 e. The predicted molar refractivity (Wildman–Crippen MR) is 59.2 cm³/mol. The van der Waals surface area contributed by atoms with E-state index >= 15 is 0 Å². The number of benzene rings is 1. The van der Waals surface area contributed by atoms with Gasteiger partial charge in [0.05, 0.1) is 0 Å². The van der Waals surface area contributed by atoms with Crippen LogP contribution in [-0.4, -0.2) is 9.78 Å². The zero-order valence-corrected chi connectivity index (χ0v) is 11.3. The SMILES string of the molecule is CC1=C(n2cccn2)c2[c-]cccc2C1.[Ir]. The van der Waals surface area contributed by atoms with Crippen molar-refractivity contribution in [3.8, 4) is 0 Å². The van der Waals surface area contributed by atoms with E-state index in [0.717, 1.165) is 6.42 Å². The first kappa shape index (κ1) is 11.3. The van der Waals surface area contributed by atoms with Crippen molar-refractivity contribution in [3.05, 3.63) is 59.4 Å². The molecular formula is C13H11IrN2-. The molecule has 1 aromatic carbocycles. The van der Waals surface area contributed by atoms with Gasteiger partial charge in [-0.15, -0.1) is 35.4 Å². The van der Waals surface area contributed by atoms with Crippen LogP contribution in [-0.2, 0) is 26.5 Å². The molecule has 0 spiro atoms. The van der Waals surface area contributed by atoms with E-state index < -0.39 is 0 Å². The molecule has 3 rings (SSSR count). The van der Waals surface area contributed by atoms with E-state index in [1.807, 2.05) is 29.1 Å². The third-order valence-electron chi connectivity index (χ3n) is 2.77. The largest absolute Gasteiger partial charge is 0.281 e. The number of hydrogen-bond acceptors (Lipinski definition) is 1. The molecule has 1 aliphatic rings. The fourth-order valence-electron chi connectivity index (χ4n) is 2.13. The first-order valence-corrected chi connectivity index (χ1v) is 5.06. The molecule has 2 nitrogen and oxygen atoms in total. The number of allylic oxidation sites excluding steroid dienone is 1. The van der Waals surface area contributed by atoms with Gasteiger partial charge < -0.3 is 0 Å². The van der Waals surface area contributed by atoms with E-state index in [0.29, 0.717) is 0 Å². The van der Waals surface area contributed by atoms with Gasteiger partial charge in [0.1, 0.15) is 0 Å². The van der Waals surface area contributed by atoms with Crippen molar-refractivity contribution in [3.63, 3.8) is 0 Å². The van der Waals surface area contributed by atoms with Crippen molar-refractivity contribution in [1.82, 2.24) is 9.78 Å². The van der Waals surface area contributed by atoms with Crippen LogP contribution >= 0.6 is 0 Å². The van der Waals surface area contributed by atoms with Gasteiger partial charge in [-0.2, -0.15) is 5.10 Å².